The van der Waals surface area contributed by atoms with Crippen LogP contribution in [0.4, 0.5) is 0 Å². The minimum atomic E-state index is -0.245. The van der Waals surface area contributed by atoms with E-state index in [1.165, 1.54) is 24.8 Å². The summed E-state index contributed by atoms with van der Waals surface area (Å²) in [5, 5.41) is 3.51. The minimum Gasteiger partial charge on any atom is -0.349 e. The molecule has 0 atom stereocenters. The molecular formula is C19H34N2O2. The standard InChI is InChI=1S/C19H34N2O2/c1-3-22-19(23-4-2)18-11-9-17(10-12-18)13-16-21-15-8-6-5-7-14-20/h9-12,19,21H,3-8,13-16,20H2,1-2H3. The van der Waals surface area contributed by atoms with Gasteiger partial charge in [0, 0.05) is 18.8 Å². The summed E-state index contributed by atoms with van der Waals surface area (Å²) in [4.78, 5) is 0. The van der Waals surface area contributed by atoms with Crippen molar-refractivity contribution in [1.29, 1.82) is 0 Å². The Morgan fingerprint density at radius 2 is 1.57 bits per heavy atom. The molecule has 1 aromatic rings. The highest BCUT2D eigenvalue weighted by Crippen LogP contribution is 2.19. The number of hydrogen-bond acceptors (Lipinski definition) is 4. The third kappa shape index (κ3) is 9.06. The lowest BCUT2D eigenvalue weighted by molar-refractivity contribution is -0.140. The lowest BCUT2D eigenvalue weighted by atomic mass is 10.1. The van der Waals surface area contributed by atoms with E-state index in [2.05, 4.69) is 29.6 Å². The van der Waals surface area contributed by atoms with Gasteiger partial charge in [-0.2, -0.15) is 0 Å². The fourth-order valence-electron chi connectivity index (χ4n) is 2.49. The van der Waals surface area contributed by atoms with Gasteiger partial charge in [-0.15, -0.1) is 0 Å². The number of ether oxygens (including phenoxy) is 2. The van der Waals surface area contributed by atoms with Crippen LogP contribution in [0.3, 0.4) is 0 Å². The third-order valence-corrected chi connectivity index (χ3v) is 3.79. The molecular weight excluding hydrogens is 288 g/mol. The van der Waals surface area contributed by atoms with Crippen LogP contribution in [0.2, 0.25) is 0 Å². The maximum atomic E-state index is 5.62. The Bertz CT molecular complexity index is 375. The number of hydrogen-bond donors (Lipinski definition) is 2. The van der Waals surface area contributed by atoms with Crippen molar-refractivity contribution in [2.24, 2.45) is 5.73 Å². The van der Waals surface area contributed by atoms with Crippen LogP contribution in [-0.4, -0.2) is 32.8 Å². The molecule has 0 aliphatic rings. The molecule has 0 saturated carbocycles. The van der Waals surface area contributed by atoms with Crippen molar-refractivity contribution in [3.05, 3.63) is 35.4 Å². The highest BCUT2D eigenvalue weighted by Gasteiger charge is 2.10. The zero-order chi connectivity index (χ0) is 16.8. The number of unbranched alkanes of at least 4 members (excludes halogenated alkanes) is 3. The van der Waals surface area contributed by atoms with Crippen LogP contribution < -0.4 is 11.1 Å². The number of benzene rings is 1. The van der Waals surface area contributed by atoms with Crippen molar-refractivity contribution >= 4 is 0 Å². The average Bonchev–Trinajstić information content (AvgIpc) is 2.58. The van der Waals surface area contributed by atoms with Crippen LogP contribution in [0.1, 0.15) is 56.9 Å². The van der Waals surface area contributed by atoms with E-state index in [1.54, 1.807) is 0 Å². The molecule has 4 nitrogen and oxygen atoms in total. The number of rotatable bonds is 14. The van der Waals surface area contributed by atoms with Gasteiger partial charge in [-0.3, -0.25) is 0 Å². The fraction of sp³-hybridized carbons (Fsp3) is 0.684. The van der Waals surface area contributed by atoms with Crippen molar-refractivity contribution in [2.45, 2.75) is 52.2 Å². The van der Waals surface area contributed by atoms with Gasteiger partial charge in [0.1, 0.15) is 0 Å². The van der Waals surface area contributed by atoms with Crippen molar-refractivity contribution < 1.29 is 9.47 Å². The molecule has 23 heavy (non-hydrogen) atoms. The molecule has 0 aliphatic heterocycles. The van der Waals surface area contributed by atoms with Gasteiger partial charge in [0.2, 0.25) is 0 Å². The maximum Gasteiger partial charge on any atom is 0.183 e. The summed E-state index contributed by atoms with van der Waals surface area (Å²) < 4.78 is 11.2. The van der Waals surface area contributed by atoms with Gasteiger partial charge in [0.05, 0.1) is 0 Å². The van der Waals surface area contributed by atoms with Crippen LogP contribution in [0.25, 0.3) is 0 Å². The van der Waals surface area contributed by atoms with E-state index in [0.717, 1.165) is 38.0 Å². The second-order valence-corrected chi connectivity index (χ2v) is 5.69. The maximum absolute atomic E-state index is 5.62. The van der Waals surface area contributed by atoms with Crippen LogP contribution >= 0.6 is 0 Å². The van der Waals surface area contributed by atoms with E-state index in [-0.39, 0.29) is 6.29 Å². The molecule has 1 aromatic carbocycles. The van der Waals surface area contributed by atoms with Crippen molar-refractivity contribution in [1.82, 2.24) is 5.32 Å². The molecule has 0 saturated heterocycles. The molecule has 0 fully saturated rings. The van der Waals surface area contributed by atoms with E-state index in [1.807, 2.05) is 13.8 Å². The van der Waals surface area contributed by atoms with Crippen LogP contribution in [0, 0.1) is 0 Å². The molecule has 0 heterocycles. The van der Waals surface area contributed by atoms with Crippen LogP contribution in [0.5, 0.6) is 0 Å². The zero-order valence-corrected chi connectivity index (χ0v) is 14.9. The molecule has 0 radical (unpaired) electrons. The van der Waals surface area contributed by atoms with E-state index < -0.39 is 0 Å². The second kappa shape index (κ2) is 13.5. The Labute approximate surface area is 141 Å². The topological polar surface area (TPSA) is 56.5 Å². The predicted molar refractivity (Wildman–Crippen MR) is 96.5 cm³/mol. The lowest BCUT2D eigenvalue weighted by Gasteiger charge is -2.17. The highest BCUT2D eigenvalue weighted by atomic mass is 16.7. The SMILES string of the molecule is CCOC(OCC)c1ccc(CCNCCCCCCN)cc1. The lowest BCUT2D eigenvalue weighted by Crippen LogP contribution is -2.18. The molecule has 0 amide bonds. The smallest absolute Gasteiger partial charge is 0.183 e. The van der Waals surface area contributed by atoms with Gasteiger partial charge in [0.25, 0.3) is 0 Å². The average molecular weight is 322 g/mol. The molecule has 132 valence electrons. The van der Waals surface area contributed by atoms with E-state index >= 15 is 0 Å². The molecule has 4 heteroatoms. The Morgan fingerprint density at radius 1 is 0.913 bits per heavy atom. The van der Waals surface area contributed by atoms with E-state index in [9.17, 15) is 0 Å². The Morgan fingerprint density at radius 3 is 2.17 bits per heavy atom. The summed E-state index contributed by atoms with van der Waals surface area (Å²) in [7, 11) is 0. The largest absolute Gasteiger partial charge is 0.349 e. The number of nitrogens with one attached hydrogen (secondary N) is 1. The summed E-state index contributed by atoms with van der Waals surface area (Å²) in [5.41, 5.74) is 7.92. The summed E-state index contributed by atoms with van der Waals surface area (Å²) in [6.45, 7) is 8.22. The molecule has 3 N–H and O–H groups in total. The Balaban J connectivity index is 2.23. The summed E-state index contributed by atoms with van der Waals surface area (Å²) in [6, 6.07) is 8.56. The third-order valence-electron chi connectivity index (χ3n) is 3.79. The van der Waals surface area contributed by atoms with Gasteiger partial charge in [-0.05, 0) is 58.3 Å². The van der Waals surface area contributed by atoms with E-state index in [4.69, 9.17) is 15.2 Å². The number of nitrogens with two attached hydrogens (primary N) is 1. The second-order valence-electron chi connectivity index (χ2n) is 5.69. The first-order chi connectivity index (χ1) is 11.3. The quantitative estimate of drug-likeness (QED) is 0.407. The van der Waals surface area contributed by atoms with Gasteiger partial charge < -0.3 is 20.5 Å². The van der Waals surface area contributed by atoms with E-state index in [0.29, 0.717) is 13.2 Å². The molecule has 1 rings (SSSR count). The highest BCUT2D eigenvalue weighted by molar-refractivity contribution is 5.23. The van der Waals surface area contributed by atoms with Crippen molar-refractivity contribution in [3.8, 4) is 0 Å². The van der Waals surface area contributed by atoms with Gasteiger partial charge in [0.15, 0.2) is 6.29 Å². The minimum absolute atomic E-state index is 0.245. The normalized spacial score (nSPS) is 11.3. The molecule has 0 unspecified atom stereocenters. The molecule has 0 aliphatic carbocycles. The summed E-state index contributed by atoms with van der Waals surface area (Å²) in [6.07, 6.45) is 5.72. The van der Waals surface area contributed by atoms with Gasteiger partial charge >= 0.3 is 0 Å². The predicted octanol–water partition coefficient (Wildman–Crippen LogP) is 3.41. The zero-order valence-electron chi connectivity index (χ0n) is 14.9. The fourth-order valence-corrected chi connectivity index (χ4v) is 2.49. The summed E-state index contributed by atoms with van der Waals surface area (Å²) in [5.74, 6) is 0. The molecule has 0 spiro atoms. The first-order valence-electron chi connectivity index (χ1n) is 9.04. The monoisotopic (exact) mass is 322 g/mol. The van der Waals surface area contributed by atoms with Gasteiger partial charge in [-0.25, -0.2) is 0 Å². The Hall–Kier alpha value is -0.940. The first kappa shape index (κ1) is 20.1. The van der Waals surface area contributed by atoms with Crippen LogP contribution in [0.15, 0.2) is 24.3 Å². The van der Waals surface area contributed by atoms with Crippen molar-refractivity contribution in [3.63, 3.8) is 0 Å². The van der Waals surface area contributed by atoms with Gasteiger partial charge in [-0.1, -0.05) is 37.1 Å². The summed E-state index contributed by atoms with van der Waals surface area (Å²) >= 11 is 0. The van der Waals surface area contributed by atoms with Crippen molar-refractivity contribution in [2.75, 3.05) is 32.8 Å². The molecule has 0 bridgehead atoms. The van der Waals surface area contributed by atoms with Crippen LogP contribution in [-0.2, 0) is 15.9 Å². The first-order valence-corrected chi connectivity index (χ1v) is 9.04. The molecule has 0 aromatic heterocycles. The Kier molecular flexibility index (Phi) is 11.8.